The van der Waals surface area contributed by atoms with Gasteiger partial charge >= 0.3 is 5.97 Å². The summed E-state index contributed by atoms with van der Waals surface area (Å²) in [6.07, 6.45) is 0.311. The molecule has 3 atom stereocenters. The monoisotopic (exact) mass is 661 g/mol. The van der Waals surface area contributed by atoms with E-state index >= 15 is 0 Å². The molecule has 3 rings (SSSR count). The van der Waals surface area contributed by atoms with E-state index in [0.29, 0.717) is 17.7 Å². The molecule has 1 aliphatic heterocycles. The molecule has 1 heterocycles. The highest BCUT2D eigenvalue weighted by atomic mass is 79.9. The van der Waals surface area contributed by atoms with Crippen molar-refractivity contribution >= 4 is 58.6 Å². The molecule has 1 aliphatic rings. The van der Waals surface area contributed by atoms with E-state index in [1.807, 2.05) is 12.1 Å². The number of esters is 1. The van der Waals surface area contributed by atoms with Crippen LogP contribution in [0.15, 0.2) is 48.5 Å². The van der Waals surface area contributed by atoms with Crippen molar-refractivity contribution in [3.8, 4) is 11.5 Å². The molecule has 0 saturated carbocycles. The fraction of sp³-hybridized carbons (Fsp3) is 0.423. The second-order valence-electron chi connectivity index (χ2n) is 9.21. The highest BCUT2D eigenvalue weighted by Gasteiger charge is 2.62. The number of phenolic OH excluding ortho intramolecular Hbond substituents is 1. The first-order chi connectivity index (χ1) is 18.3. The van der Waals surface area contributed by atoms with Crippen molar-refractivity contribution in [2.75, 3.05) is 6.54 Å². The lowest BCUT2D eigenvalue weighted by molar-refractivity contribution is -0.763. The highest BCUT2D eigenvalue weighted by Crippen LogP contribution is 2.38. The number of benzene rings is 2. The number of phenols is 1. The predicted molar refractivity (Wildman–Crippen MR) is 157 cm³/mol. The molecule has 2 aromatic rings. The summed E-state index contributed by atoms with van der Waals surface area (Å²) in [5, 5.41) is 18.4. The summed E-state index contributed by atoms with van der Waals surface area (Å²) in [5.74, 6) is -2.10. The maximum absolute atomic E-state index is 13.3. The van der Waals surface area contributed by atoms with Gasteiger partial charge in [-0.2, -0.15) is 12.6 Å². The number of carbonyl (C=O) groups is 3. The van der Waals surface area contributed by atoms with Crippen LogP contribution in [0, 0.1) is 16.0 Å². The molecule has 220 valence electrons. The Morgan fingerprint density at radius 1 is 1.20 bits per heavy atom. The maximum Gasteiger partial charge on any atom is 0.346 e. The Hall–Kier alpha value is -2.87. The third-order valence-corrected chi connectivity index (χ3v) is 7.18. The maximum atomic E-state index is 13.3. The number of amides is 1. The molecule has 14 heteroatoms. The summed E-state index contributed by atoms with van der Waals surface area (Å²) < 4.78 is 5.47. The summed E-state index contributed by atoms with van der Waals surface area (Å²) >= 11 is 7.73. The number of likely N-dealkylation sites (tertiary alicyclic amines) is 1. The van der Waals surface area contributed by atoms with Crippen LogP contribution in [0.1, 0.15) is 38.3 Å². The van der Waals surface area contributed by atoms with Crippen LogP contribution in [0.3, 0.4) is 0 Å². The molecule has 11 nitrogen and oxygen atoms in total. The molecule has 0 radical (unpaired) electrons. The summed E-state index contributed by atoms with van der Waals surface area (Å²) in [7, 11) is 0. The molecule has 1 unspecified atom stereocenters. The standard InChI is InChI=1S/C19H25N3O7S.C7H7BrO.ClH/c1-11(2)17(24)21-8-7-15(30)19(21,16(23)12(3)20)18(25)29-14-6-4-5-13(9-14)10-28-22(26)27;8-5-6-2-1-3-7(9)4-6;/h4-6,9,11-12,15,30H,7-8,10,20H2,1-3H3;1-4,9H,5H2;1H/t12-,15?,19-;;/m0../s1. The number of rotatable bonds is 9. The second-order valence-corrected chi connectivity index (χ2v) is 10.4. The van der Waals surface area contributed by atoms with Crippen LogP contribution in [-0.4, -0.2) is 56.1 Å². The molecular formula is C26H33BrClN3O8S. The quantitative estimate of drug-likeness (QED) is 0.0689. The fourth-order valence-corrected chi connectivity index (χ4v) is 4.89. The van der Waals surface area contributed by atoms with Gasteiger partial charge in [0, 0.05) is 23.0 Å². The first-order valence-corrected chi connectivity index (χ1v) is 13.7. The van der Waals surface area contributed by atoms with Gasteiger partial charge in [0.15, 0.2) is 5.78 Å². The second kappa shape index (κ2) is 15.8. The summed E-state index contributed by atoms with van der Waals surface area (Å²) in [5.41, 5.74) is 5.32. The average Bonchev–Trinajstić information content (AvgIpc) is 3.24. The largest absolute Gasteiger partial charge is 0.508 e. The van der Waals surface area contributed by atoms with Crippen LogP contribution in [0.4, 0.5) is 0 Å². The van der Waals surface area contributed by atoms with E-state index in [2.05, 4.69) is 33.4 Å². The Morgan fingerprint density at radius 2 is 1.82 bits per heavy atom. The molecular weight excluding hydrogens is 630 g/mol. The van der Waals surface area contributed by atoms with E-state index in [-0.39, 0.29) is 37.2 Å². The van der Waals surface area contributed by atoms with E-state index in [9.17, 15) is 24.5 Å². The van der Waals surface area contributed by atoms with Crippen molar-refractivity contribution in [1.29, 1.82) is 0 Å². The number of nitrogens with two attached hydrogens (primary N) is 1. The fourth-order valence-electron chi connectivity index (χ4n) is 4.05. The zero-order valence-electron chi connectivity index (χ0n) is 22.2. The average molecular weight is 663 g/mol. The minimum atomic E-state index is -1.97. The van der Waals surface area contributed by atoms with E-state index in [1.54, 1.807) is 32.0 Å². The first-order valence-electron chi connectivity index (χ1n) is 12.1. The minimum Gasteiger partial charge on any atom is -0.508 e. The highest BCUT2D eigenvalue weighted by molar-refractivity contribution is 9.08. The van der Waals surface area contributed by atoms with Gasteiger partial charge in [-0.25, -0.2) is 4.79 Å². The van der Waals surface area contributed by atoms with Gasteiger partial charge in [0.05, 0.1) is 6.04 Å². The number of thiol groups is 1. The Balaban J connectivity index is 0.000000678. The number of ether oxygens (including phenoxy) is 1. The van der Waals surface area contributed by atoms with Gasteiger partial charge in [-0.3, -0.25) is 9.59 Å². The molecule has 40 heavy (non-hydrogen) atoms. The van der Waals surface area contributed by atoms with E-state index < -0.39 is 39.6 Å². The zero-order chi connectivity index (χ0) is 29.3. The molecule has 0 spiro atoms. The molecule has 0 aromatic heterocycles. The number of hydrogen-bond acceptors (Lipinski definition) is 10. The predicted octanol–water partition coefficient (Wildman–Crippen LogP) is 3.85. The van der Waals surface area contributed by atoms with Gasteiger partial charge in [0.25, 0.3) is 5.09 Å². The SMILES string of the molecule is CC(C)C(=O)N1CCC(S)[C@@]1(C(=O)Oc1cccc(CO[N+](=O)[O-])c1)C(=O)[C@H](C)N.Cl.Oc1cccc(CBr)c1. The van der Waals surface area contributed by atoms with Crippen LogP contribution < -0.4 is 10.5 Å². The van der Waals surface area contributed by atoms with Gasteiger partial charge in [0.2, 0.25) is 11.4 Å². The van der Waals surface area contributed by atoms with Gasteiger partial charge in [-0.05, 0) is 48.7 Å². The van der Waals surface area contributed by atoms with Crippen LogP contribution in [0.5, 0.6) is 11.5 Å². The number of ketones is 1. The van der Waals surface area contributed by atoms with Crippen molar-refractivity contribution in [1.82, 2.24) is 4.90 Å². The number of alkyl halides is 1. The summed E-state index contributed by atoms with van der Waals surface area (Å²) in [4.78, 5) is 55.2. The Bertz CT molecular complexity index is 1200. The molecule has 3 N–H and O–H groups in total. The number of nitrogens with zero attached hydrogens (tertiary/aromatic N) is 2. The van der Waals surface area contributed by atoms with Crippen LogP contribution >= 0.6 is 41.0 Å². The van der Waals surface area contributed by atoms with Crippen molar-refractivity contribution in [2.24, 2.45) is 11.7 Å². The lowest BCUT2D eigenvalue weighted by atomic mass is 9.86. The smallest absolute Gasteiger partial charge is 0.346 e. The van der Waals surface area contributed by atoms with Crippen LogP contribution in [-0.2, 0) is 31.2 Å². The Labute approximate surface area is 252 Å². The lowest BCUT2D eigenvalue weighted by Crippen LogP contribution is -2.67. The summed E-state index contributed by atoms with van der Waals surface area (Å²) in [6, 6.07) is 12.0. The molecule has 0 aliphatic carbocycles. The van der Waals surface area contributed by atoms with Gasteiger partial charge in [-0.15, -0.1) is 22.5 Å². The third kappa shape index (κ3) is 8.56. The summed E-state index contributed by atoms with van der Waals surface area (Å²) in [6.45, 7) is 4.59. The van der Waals surface area contributed by atoms with E-state index in [0.717, 1.165) is 10.9 Å². The number of hydrogen-bond donors (Lipinski definition) is 3. The number of aromatic hydroxyl groups is 1. The van der Waals surface area contributed by atoms with Crippen molar-refractivity contribution in [2.45, 2.75) is 56.0 Å². The lowest BCUT2D eigenvalue weighted by Gasteiger charge is -2.38. The van der Waals surface area contributed by atoms with Crippen molar-refractivity contribution in [3.63, 3.8) is 0 Å². The van der Waals surface area contributed by atoms with Gasteiger partial charge in [-0.1, -0.05) is 54.0 Å². The normalized spacial score (nSPS) is 18.6. The van der Waals surface area contributed by atoms with E-state index in [4.69, 9.17) is 15.6 Å². The molecule has 2 aromatic carbocycles. The number of halogens is 2. The van der Waals surface area contributed by atoms with Crippen LogP contribution in [0.25, 0.3) is 0 Å². The van der Waals surface area contributed by atoms with Crippen molar-refractivity contribution in [3.05, 3.63) is 69.8 Å². The topological polar surface area (TPSA) is 162 Å². The molecule has 1 fully saturated rings. The molecule has 1 amide bonds. The Morgan fingerprint density at radius 3 is 2.35 bits per heavy atom. The third-order valence-electron chi connectivity index (χ3n) is 5.90. The Kier molecular flexibility index (Phi) is 13.9. The molecule has 0 bridgehead atoms. The molecule has 1 saturated heterocycles. The van der Waals surface area contributed by atoms with Gasteiger partial charge in [0.1, 0.15) is 18.1 Å². The van der Waals surface area contributed by atoms with Crippen molar-refractivity contribution < 1.29 is 34.2 Å². The first kappa shape index (κ1) is 35.2. The zero-order valence-corrected chi connectivity index (χ0v) is 25.5. The van der Waals surface area contributed by atoms with E-state index in [1.165, 1.54) is 30.0 Å². The number of carbonyl (C=O) groups excluding carboxylic acids is 3. The minimum absolute atomic E-state index is 0. The van der Waals surface area contributed by atoms with Gasteiger partial charge < -0.3 is 25.3 Å². The number of Topliss-reactive ketones (excluding diaryl/α,β-unsaturated/α-hetero) is 1. The van der Waals surface area contributed by atoms with Crippen LogP contribution in [0.2, 0.25) is 0 Å².